The molecule has 6 heteroatoms. The van der Waals surface area contributed by atoms with E-state index in [9.17, 15) is 13.5 Å². The molecule has 0 saturated carbocycles. The van der Waals surface area contributed by atoms with E-state index < -0.39 is 15.9 Å². The van der Waals surface area contributed by atoms with Crippen molar-refractivity contribution in [3.8, 4) is 0 Å². The van der Waals surface area contributed by atoms with Crippen molar-refractivity contribution in [1.82, 2.24) is 5.32 Å². The second-order valence-electron chi connectivity index (χ2n) is 4.01. The monoisotopic (exact) mass is 333 g/mol. The molecule has 0 aliphatic carbocycles. The van der Waals surface area contributed by atoms with Gasteiger partial charge >= 0.3 is 0 Å². The Kier molecular flexibility index (Phi) is 5.52. The average Bonchev–Trinajstić information content (AvgIpc) is 2.27. The van der Waals surface area contributed by atoms with Crippen LogP contribution < -0.4 is 5.32 Å². The number of aliphatic hydroxyl groups excluding tert-OH is 1. The van der Waals surface area contributed by atoms with E-state index in [2.05, 4.69) is 27.8 Å². The fourth-order valence-electron chi connectivity index (χ4n) is 1.40. The van der Waals surface area contributed by atoms with Crippen molar-refractivity contribution in [2.45, 2.75) is 11.0 Å². The van der Waals surface area contributed by atoms with Gasteiger partial charge in [-0.05, 0) is 17.7 Å². The lowest BCUT2D eigenvalue weighted by Gasteiger charge is -2.12. The van der Waals surface area contributed by atoms with Gasteiger partial charge in [0.1, 0.15) is 0 Å². The van der Waals surface area contributed by atoms with Crippen LogP contribution in [0.5, 0.6) is 0 Å². The summed E-state index contributed by atoms with van der Waals surface area (Å²) in [7, 11) is -3.19. The van der Waals surface area contributed by atoms with E-state index in [1.54, 1.807) is 12.1 Å². The molecule has 0 radical (unpaired) electrons. The Labute approximate surface area is 116 Å². The number of sulfone groups is 1. The van der Waals surface area contributed by atoms with Crippen molar-refractivity contribution >= 4 is 25.8 Å². The molecule has 0 fully saturated rings. The number of rotatable bonds is 6. The maximum Gasteiger partial charge on any atom is 0.175 e. The first kappa shape index (κ1) is 15.4. The van der Waals surface area contributed by atoms with E-state index in [0.29, 0.717) is 18.7 Å². The van der Waals surface area contributed by atoms with Gasteiger partial charge in [-0.2, -0.15) is 0 Å². The summed E-state index contributed by atoms with van der Waals surface area (Å²) in [4.78, 5) is 0.250. The number of aliphatic hydroxyl groups is 1. The van der Waals surface area contributed by atoms with E-state index in [-0.39, 0.29) is 4.90 Å². The highest BCUT2D eigenvalue weighted by atomic mass is 79.9. The molecule has 1 atom stereocenters. The summed E-state index contributed by atoms with van der Waals surface area (Å²) in [6.45, 7) is 4.61. The molecule has 1 rings (SSSR count). The summed E-state index contributed by atoms with van der Waals surface area (Å²) in [6, 6.07) is 6.23. The summed E-state index contributed by atoms with van der Waals surface area (Å²) in [6.07, 6.45) is 0.479. The molecule has 0 aliphatic heterocycles. The van der Waals surface area contributed by atoms with Crippen LogP contribution in [-0.2, 0) is 9.84 Å². The SMILES string of the molecule is C=C(Br)CNCC(O)c1ccc(S(C)(=O)=O)cc1. The molecule has 1 aromatic rings. The Morgan fingerprint density at radius 2 is 2.00 bits per heavy atom. The lowest BCUT2D eigenvalue weighted by Crippen LogP contribution is -2.22. The largest absolute Gasteiger partial charge is 0.387 e. The van der Waals surface area contributed by atoms with Gasteiger partial charge in [0, 0.05) is 23.8 Å². The van der Waals surface area contributed by atoms with Gasteiger partial charge in [0.2, 0.25) is 0 Å². The van der Waals surface area contributed by atoms with Gasteiger partial charge in [0.25, 0.3) is 0 Å². The maximum absolute atomic E-state index is 11.3. The molecule has 0 spiro atoms. The van der Waals surface area contributed by atoms with Crippen LogP contribution in [0.25, 0.3) is 0 Å². The Hall–Kier alpha value is -0.690. The molecule has 100 valence electrons. The summed E-state index contributed by atoms with van der Waals surface area (Å²) >= 11 is 3.21. The van der Waals surface area contributed by atoms with Crippen LogP contribution in [0, 0.1) is 0 Å². The molecular weight excluding hydrogens is 318 g/mol. The zero-order chi connectivity index (χ0) is 13.8. The van der Waals surface area contributed by atoms with Gasteiger partial charge < -0.3 is 10.4 Å². The van der Waals surface area contributed by atoms with Crippen molar-refractivity contribution in [3.05, 3.63) is 40.9 Å². The molecule has 4 nitrogen and oxygen atoms in total. The first-order valence-corrected chi connectivity index (χ1v) is 8.01. The predicted octanol–water partition coefficient (Wildman–Crippen LogP) is 1.62. The zero-order valence-corrected chi connectivity index (χ0v) is 12.5. The van der Waals surface area contributed by atoms with Gasteiger partial charge in [0.05, 0.1) is 11.0 Å². The molecule has 0 heterocycles. The summed E-state index contributed by atoms with van der Waals surface area (Å²) in [5, 5.41) is 12.9. The molecule has 2 N–H and O–H groups in total. The number of hydrogen-bond donors (Lipinski definition) is 2. The molecule has 1 aromatic carbocycles. The van der Waals surface area contributed by atoms with E-state index in [1.807, 2.05) is 0 Å². The molecule has 0 aromatic heterocycles. The van der Waals surface area contributed by atoms with E-state index in [0.717, 1.165) is 10.7 Å². The molecule has 0 saturated heterocycles. The van der Waals surface area contributed by atoms with Crippen LogP contribution in [-0.4, -0.2) is 32.9 Å². The Bertz CT molecular complexity index is 511. The lowest BCUT2D eigenvalue weighted by molar-refractivity contribution is 0.176. The summed E-state index contributed by atoms with van der Waals surface area (Å²) in [5.41, 5.74) is 0.676. The third-order valence-corrected chi connectivity index (χ3v) is 3.76. The molecule has 0 aliphatic rings. The first-order chi connectivity index (χ1) is 8.30. The molecule has 18 heavy (non-hydrogen) atoms. The third-order valence-electron chi connectivity index (χ3n) is 2.35. The van der Waals surface area contributed by atoms with E-state index in [1.165, 1.54) is 12.1 Å². The van der Waals surface area contributed by atoms with Crippen LogP contribution in [0.1, 0.15) is 11.7 Å². The number of benzene rings is 1. The average molecular weight is 334 g/mol. The van der Waals surface area contributed by atoms with Crippen molar-refractivity contribution in [1.29, 1.82) is 0 Å². The van der Waals surface area contributed by atoms with Gasteiger partial charge in [-0.1, -0.05) is 34.6 Å². The fourth-order valence-corrected chi connectivity index (χ4v) is 2.23. The highest BCUT2D eigenvalue weighted by molar-refractivity contribution is 9.11. The topological polar surface area (TPSA) is 66.4 Å². The molecule has 1 unspecified atom stereocenters. The highest BCUT2D eigenvalue weighted by Crippen LogP contribution is 2.16. The van der Waals surface area contributed by atoms with Crippen LogP contribution in [0.15, 0.2) is 40.2 Å². The Morgan fingerprint density at radius 1 is 1.44 bits per heavy atom. The van der Waals surface area contributed by atoms with Crippen LogP contribution >= 0.6 is 15.9 Å². The van der Waals surface area contributed by atoms with E-state index >= 15 is 0 Å². The third kappa shape index (κ3) is 4.89. The van der Waals surface area contributed by atoms with Crippen molar-refractivity contribution in [3.63, 3.8) is 0 Å². The van der Waals surface area contributed by atoms with Gasteiger partial charge in [-0.25, -0.2) is 8.42 Å². The van der Waals surface area contributed by atoms with Crippen molar-refractivity contribution in [2.75, 3.05) is 19.3 Å². The quantitative estimate of drug-likeness (QED) is 0.830. The summed E-state index contributed by atoms with van der Waals surface area (Å²) < 4.78 is 23.4. The Morgan fingerprint density at radius 3 is 2.44 bits per heavy atom. The fraction of sp³-hybridized carbons (Fsp3) is 0.333. The van der Waals surface area contributed by atoms with Gasteiger partial charge in [-0.3, -0.25) is 0 Å². The number of halogens is 1. The smallest absolute Gasteiger partial charge is 0.175 e. The summed E-state index contributed by atoms with van der Waals surface area (Å²) in [5.74, 6) is 0. The second kappa shape index (κ2) is 6.47. The standard InChI is InChI=1S/C12H16BrNO3S/c1-9(13)7-14-8-12(15)10-3-5-11(6-4-10)18(2,16)17/h3-6,12,14-15H,1,7-8H2,2H3. The second-order valence-corrected chi connectivity index (χ2v) is 7.14. The first-order valence-electron chi connectivity index (χ1n) is 5.33. The van der Waals surface area contributed by atoms with Gasteiger partial charge in [-0.15, -0.1) is 0 Å². The number of hydrogen-bond acceptors (Lipinski definition) is 4. The lowest BCUT2D eigenvalue weighted by atomic mass is 10.1. The Balaban J connectivity index is 2.65. The maximum atomic E-state index is 11.3. The molecular formula is C12H16BrNO3S. The minimum atomic E-state index is -3.19. The van der Waals surface area contributed by atoms with Gasteiger partial charge in [0.15, 0.2) is 9.84 Å². The van der Waals surface area contributed by atoms with E-state index in [4.69, 9.17) is 0 Å². The molecule has 0 amide bonds. The van der Waals surface area contributed by atoms with Crippen LogP contribution in [0.3, 0.4) is 0 Å². The van der Waals surface area contributed by atoms with Crippen LogP contribution in [0.2, 0.25) is 0 Å². The zero-order valence-electron chi connectivity index (χ0n) is 10.1. The normalized spacial score (nSPS) is 13.3. The highest BCUT2D eigenvalue weighted by Gasteiger charge is 2.10. The minimum absolute atomic E-state index is 0.250. The number of nitrogens with one attached hydrogen (secondary N) is 1. The predicted molar refractivity (Wildman–Crippen MR) is 75.4 cm³/mol. The molecule has 0 bridgehead atoms. The minimum Gasteiger partial charge on any atom is -0.387 e. The van der Waals surface area contributed by atoms with Crippen molar-refractivity contribution < 1.29 is 13.5 Å². The van der Waals surface area contributed by atoms with Crippen molar-refractivity contribution in [2.24, 2.45) is 0 Å². The van der Waals surface area contributed by atoms with Crippen LogP contribution in [0.4, 0.5) is 0 Å².